The topological polar surface area (TPSA) is 64.1 Å². The molecular weight excluding hydrogens is 390 g/mol. The lowest BCUT2D eigenvalue weighted by Gasteiger charge is -2.35. The average molecular weight is 420 g/mol. The molecule has 1 fully saturated rings. The van der Waals surface area contributed by atoms with Gasteiger partial charge in [0.2, 0.25) is 11.7 Å². The molecular formula is C21H29N3O4S. The number of aromatic nitrogens is 1. The Morgan fingerprint density at radius 3 is 2.14 bits per heavy atom. The number of hydrogen-bond donors (Lipinski definition) is 0. The van der Waals surface area contributed by atoms with Gasteiger partial charge in [0, 0.05) is 37.6 Å². The summed E-state index contributed by atoms with van der Waals surface area (Å²) in [5.41, 5.74) is 2.07. The lowest BCUT2D eigenvalue weighted by molar-refractivity contribution is -0.132. The number of amides is 1. The van der Waals surface area contributed by atoms with Gasteiger partial charge in [0.1, 0.15) is 0 Å². The number of thiazole rings is 1. The molecule has 1 aromatic heterocycles. The summed E-state index contributed by atoms with van der Waals surface area (Å²) < 4.78 is 16.3. The van der Waals surface area contributed by atoms with E-state index in [1.807, 2.05) is 30.9 Å². The summed E-state index contributed by atoms with van der Waals surface area (Å²) in [5.74, 6) is 2.10. The molecule has 0 aliphatic carbocycles. The molecule has 0 spiro atoms. The van der Waals surface area contributed by atoms with Crippen LogP contribution in [-0.4, -0.2) is 68.2 Å². The predicted molar refractivity (Wildman–Crippen MR) is 113 cm³/mol. The Hall–Kier alpha value is -2.32. The van der Waals surface area contributed by atoms with Crippen molar-refractivity contribution in [3.05, 3.63) is 33.3 Å². The van der Waals surface area contributed by atoms with Gasteiger partial charge in [-0.05, 0) is 31.5 Å². The fourth-order valence-electron chi connectivity index (χ4n) is 3.63. The van der Waals surface area contributed by atoms with Gasteiger partial charge in [-0.2, -0.15) is 0 Å². The number of carbonyl (C=O) groups is 1. The van der Waals surface area contributed by atoms with Crippen LogP contribution >= 0.6 is 11.3 Å². The second-order valence-electron chi connectivity index (χ2n) is 7.11. The Balaban J connectivity index is 1.58. The minimum Gasteiger partial charge on any atom is -0.493 e. The van der Waals surface area contributed by atoms with Gasteiger partial charge >= 0.3 is 0 Å². The van der Waals surface area contributed by atoms with Gasteiger partial charge in [0.25, 0.3) is 0 Å². The summed E-state index contributed by atoms with van der Waals surface area (Å²) in [4.78, 5) is 22.5. The Bertz CT molecular complexity index is 835. The Kier molecular flexibility index (Phi) is 6.97. The number of methoxy groups -OCH3 is 3. The van der Waals surface area contributed by atoms with E-state index in [9.17, 15) is 4.79 Å². The molecule has 7 nitrogen and oxygen atoms in total. The Morgan fingerprint density at radius 1 is 1.03 bits per heavy atom. The van der Waals surface area contributed by atoms with Crippen LogP contribution in [0.1, 0.15) is 21.1 Å². The molecule has 2 heterocycles. The molecule has 0 unspecified atom stereocenters. The molecule has 29 heavy (non-hydrogen) atoms. The maximum atomic E-state index is 12.7. The SMILES string of the molecule is COc1cc(CN2CCN(C(=O)Cc3sc(C)nc3C)CC2)cc(OC)c1OC. The van der Waals surface area contributed by atoms with E-state index in [1.54, 1.807) is 32.7 Å². The van der Waals surface area contributed by atoms with Crippen LogP contribution in [0.4, 0.5) is 0 Å². The van der Waals surface area contributed by atoms with Crippen LogP contribution in [0, 0.1) is 13.8 Å². The predicted octanol–water partition coefficient (Wildman–Crippen LogP) is 2.67. The molecule has 0 atom stereocenters. The Labute approximate surface area is 176 Å². The summed E-state index contributed by atoms with van der Waals surface area (Å²) in [6, 6.07) is 3.96. The third-order valence-corrected chi connectivity index (χ3v) is 6.24. The maximum absolute atomic E-state index is 12.7. The fourth-order valence-corrected chi connectivity index (χ4v) is 4.56. The second kappa shape index (κ2) is 9.45. The van der Waals surface area contributed by atoms with Crippen molar-refractivity contribution in [3.63, 3.8) is 0 Å². The van der Waals surface area contributed by atoms with E-state index in [1.165, 1.54) is 0 Å². The van der Waals surface area contributed by atoms with Gasteiger partial charge in [-0.3, -0.25) is 9.69 Å². The van der Waals surface area contributed by atoms with E-state index in [-0.39, 0.29) is 5.91 Å². The molecule has 0 saturated carbocycles. The summed E-state index contributed by atoms with van der Waals surface area (Å²) in [7, 11) is 4.85. The van der Waals surface area contributed by atoms with E-state index >= 15 is 0 Å². The van der Waals surface area contributed by atoms with Crippen LogP contribution in [0.15, 0.2) is 12.1 Å². The fraction of sp³-hybridized carbons (Fsp3) is 0.524. The molecule has 1 aliphatic rings. The number of nitrogens with zero attached hydrogens (tertiary/aromatic N) is 3. The highest BCUT2D eigenvalue weighted by Gasteiger charge is 2.23. The largest absolute Gasteiger partial charge is 0.493 e. The first kappa shape index (κ1) is 21.4. The monoisotopic (exact) mass is 419 g/mol. The van der Waals surface area contributed by atoms with Gasteiger partial charge in [0.05, 0.1) is 38.5 Å². The summed E-state index contributed by atoms with van der Waals surface area (Å²) >= 11 is 1.62. The van der Waals surface area contributed by atoms with Crippen molar-refractivity contribution in [2.24, 2.45) is 0 Å². The van der Waals surface area contributed by atoms with Crippen LogP contribution in [0.3, 0.4) is 0 Å². The number of rotatable bonds is 7. The number of carbonyl (C=O) groups excluding carboxylic acids is 1. The smallest absolute Gasteiger partial charge is 0.227 e. The highest BCUT2D eigenvalue weighted by atomic mass is 32.1. The highest BCUT2D eigenvalue weighted by Crippen LogP contribution is 2.38. The molecule has 1 aromatic carbocycles. The second-order valence-corrected chi connectivity index (χ2v) is 8.40. The van der Waals surface area contributed by atoms with Gasteiger partial charge in [0.15, 0.2) is 11.5 Å². The number of piperazine rings is 1. The third kappa shape index (κ3) is 5.00. The summed E-state index contributed by atoms with van der Waals surface area (Å²) in [5, 5.41) is 1.01. The molecule has 158 valence electrons. The molecule has 0 bridgehead atoms. The normalized spacial score (nSPS) is 14.7. The lowest BCUT2D eigenvalue weighted by Crippen LogP contribution is -2.48. The van der Waals surface area contributed by atoms with Crippen molar-refractivity contribution in [3.8, 4) is 17.2 Å². The van der Waals surface area contributed by atoms with E-state index in [2.05, 4.69) is 9.88 Å². The number of benzene rings is 1. The van der Waals surface area contributed by atoms with Crippen LogP contribution < -0.4 is 14.2 Å². The van der Waals surface area contributed by atoms with Crippen molar-refractivity contribution in [2.45, 2.75) is 26.8 Å². The third-order valence-electron chi connectivity index (χ3n) is 5.17. The van der Waals surface area contributed by atoms with Crippen LogP contribution in [-0.2, 0) is 17.8 Å². The molecule has 0 radical (unpaired) electrons. The first-order valence-corrected chi connectivity index (χ1v) is 10.5. The van der Waals surface area contributed by atoms with E-state index < -0.39 is 0 Å². The van der Waals surface area contributed by atoms with Crippen LogP contribution in [0.5, 0.6) is 17.2 Å². The maximum Gasteiger partial charge on any atom is 0.227 e. The van der Waals surface area contributed by atoms with Crippen molar-refractivity contribution >= 4 is 17.2 Å². The van der Waals surface area contributed by atoms with Crippen molar-refractivity contribution in [1.82, 2.24) is 14.8 Å². The van der Waals surface area contributed by atoms with Crippen LogP contribution in [0.2, 0.25) is 0 Å². The van der Waals surface area contributed by atoms with Gasteiger partial charge in [-0.1, -0.05) is 0 Å². The molecule has 0 N–H and O–H groups in total. The van der Waals surface area contributed by atoms with Crippen molar-refractivity contribution < 1.29 is 19.0 Å². The van der Waals surface area contributed by atoms with E-state index in [0.29, 0.717) is 23.7 Å². The molecule has 3 rings (SSSR count). The van der Waals surface area contributed by atoms with Crippen molar-refractivity contribution in [2.75, 3.05) is 47.5 Å². The highest BCUT2D eigenvalue weighted by molar-refractivity contribution is 7.11. The molecule has 1 aliphatic heterocycles. The minimum atomic E-state index is 0.184. The molecule has 1 saturated heterocycles. The Morgan fingerprint density at radius 2 is 1.66 bits per heavy atom. The minimum absolute atomic E-state index is 0.184. The molecule has 2 aromatic rings. The van der Waals surface area contributed by atoms with E-state index in [4.69, 9.17) is 14.2 Å². The first-order chi connectivity index (χ1) is 13.9. The summed E-state index contributed by atoms with van der Waals surface area (Å²) in [6.07, 6.45) is 0.449. The molecule has 1 amide bonds. The van der Waals surface area contributed by atoms with Gasteiger partial charge < -0.3 is 19.1 Å². The zero-order valence-corrected chi connectivity index (χ0v) is 18.6. The quantitative estimate of drug-likeness (QED) is 0.688. The first-order valence-electron chi connectivity index (χ1n) is 9.67. The number of hydrogen-bond acceptors (Lipinski definition) is 7. The summed E-state index contributed by atoms with van der Waals surface area (Å²) in [6.45, 7) is 7.87. The lowest BCUT2D eigenvalue weighted by atomic mass is 10.1. The van der Waals surface area contributed by atoms with E-state index in [0.717, 1.165) is 53.9 Å². The van der Waals surface area contributed by atoms with Crippen molar-refractivity contribution in [1.29, 1.82) is 0 Å². The van der Waals surface area contributed by atoms with Gasteiger partial charge in [-0.15, -0.1) is 11.3 Å². The standard InChI is InChI=1S/C21H29N3O4S/c1-14-19(29-15(2)22-14)12-20(25)24-8-6-23(7-9-24)13-16-10-17(26-3)21(28-5)18(11-16)27-4/h10-11H,6-9,12-13H2,1-5H3. The zero-order valence-electron chi connectivity index (χ0n) is 17.8. The number of ether oxygens (including phenoxy) is 3. The zero-order chi connectivity index (χ0) is 21.0. The number of aryl methyl sites for hydroxylation is 2. The molecule has 8 heteroatoms. The van der Waals surface area contributed by atoms with Gasteiger partial charge in [-0.25, -0.2) is 4.98 Å². The average Bonchev–Trinajstić information content (AvgIpc) is 3.04. The van der Waals surface area contributed by atoms with Crippen LogP contribution in [0.25, 0.3) is 0 Å².